The van der Waals surface area contributed by atoms with Crippen LogP contribution in [0.3, 0.4) is 0 Å². The fourth-order valence-electron chi connectivity index (χ4n) is 3.21. The molecule has 1 saturated carbocycles. The number of carbonyl (C=O) groups is 2. The lowest BCUT2D eigenvalue weighted by Crippen LogP contribution is -2.45. The second kappa shape index (κ2) is 10.00. The molecule has 1 aromatic rings. The average Bonchev–Trinajstić information content (AvgIpc) is 2.67. The van der Waals surface area contributed by atoms with E-state index in [-0.39, 0.29) is 11.9 Å². The first-order chi connectivity index (χ1) is 12.9. The molecule has 6 heteroatoms. The van der Waals surface area contributed by atoms with Gasteiger partial charge in [-0.2, -0.15) is 0 Å². The maximum atomic E-state index is 12.3. The fourth-order valence-corrected chi connectivity index (χ4v) is 3.21. The molecule has 0 radical (unpaired) electrons. The third-order valence-corrected chi connectivity index (χ3v) is 4.94. The Hall–Kier alpha value is -2.50. The lowest BCUT2D eigenvalue weighted by Gasteiger charge is -2.30. The van der Waals surface area contributed by atoms with Crippen LogP contribution in [0.2, 0.25) is 0 Å². The molecule has 1 amide bonds. The van der Waals surface area contributed by atoms with Crippen LogP contribution in [0.4, 0.5) is 0 Å². The number of ether oxygens (including phenoxy) is 3. The molecule has 1 fully saturated rings. The summed E-state index contributed by atoms with van der Waals surface area (Å²) in [6, 6.07) is 5.44. The lowest BCUT2D eigenvalue weighted by molar-refractivity contribution is -0.150. The first-order valence-electron chi connectivity index (χ1n) is 9.35. The van der Waals surface area contributed by atoms with Crippen molar-refractivity contribution in [1.82, 2.24) is 5.32 Å². The molecule has 0 spiro atoms. The van der Waals surface area contributed by atoms with E-state index >= 15 is 0 Å². The van der Waals surface area contributed by atoms with Gasteiger partial charge in [-0.25, -0.2) is 4.79 Å². The summed E-state index contributed by atoms with van der Waals surface area (Å²) in [5.41, 5.74) is 0.711. The highest BCUT2D eigenvalue weighted by Gasteiger charge is 2.25. The van der Waals surface area contributed by atoms with Gasteiger partial charge >= 0.3 is 5.97 Å². The van der Waals surface area contributed by atoms with E-state index in [0.717, 1.165) is 19.3 Å². The number of carbonyl (C=O) groups excluding carboxylic acids is 2. The van der Waals surface area contributed by atoms with Crippen LogP contribution in [-0.4, -0.2) is 38.2 Å². The third-order valence-electron chi connectivity index (χ3n) is 4.94. The minimum absolute atomic E-state index is 0.159. The van der Waals surface area contributed by atoms with Crippen LogP contribution in [0.25, 0.3) is 6.08 Å². The highest BCUT2D eigenvalue weighted by molar-refractivity contribution is 5.90. The Labute approximate surface area is 160 Å². The van der Waals surface area contributed by atoms with Crippen LogP contribution in [0.1, 0.15) is 45.1 Å². The van der Waals surface area contributed by atoms with E-state index in [4.69, 9.17) is 14.2 Å². The monoisotopic (exact) mass is 375 g/mol. The van der Waals surface area contributed by atoms with E-state index in [1.54, 1.807) is 45.4 Å². The van der Waals surface area contributed by atoms with Crippen LogP contribution in [-0.2, 0) is 14.3 Å². The van der Waals surface area contributed by atoms with Gasteiger partial charge in [-0.15, -0.1) is 0 Å². The van der Waals surface area contributed by atoms with Crippen LogP contribution < -0.4 is 14.8 Å². The second-order valence-electron chi connectivity index (χ2n) is 6.90. The zero-order valence-electron chi connectivity index (χ0n) is 16.5. The molecule has 6 nitrogen and oxygen atoms in total. The van der Waals surface area contributed by atoms with Gasteiger partial charge in [0.1, 0.15) is 11.5 Å². The van der Waals surface area contributed by atoms with Gasteiger partial charge in [0.15, 0.2) is 6.10 Å². The molecular weight excluding hydrogens is 346 g/mol. The third kappa shape index (κ3) is 6.01. The van der Waals surface area contributed by atoms with Crippen molar-refractivity contribution < 1.29 is 23.8 Å². The summed E-state index contributed by atoms with van der Waals surface area (Å²) in [5.74, 6) is 0.863. The Kier molecular flexibility index (Phi) is 7.70. The largest absolute Gasteiger partial charge is 0.497 e. The van der Waals surface area contributed by atoms with Crippen molar-refractivity contribution >= 4 is 18.0 Å². The van der Waals surface area contributed by atoms with Crippen molar-refractivity contribution in [3.63, 3.8) is 0 Å². The number of hydrogen-bond donors (Lipinski definition) is 1. The summed E-state index contributed by atoms with van der Waals surface area (Å²) in [4.78, 5) is 24.3. The van der Waals surface area contributed by atoms with Crippen molar-refractivity contribution in [2.75, 3.05) is 14.2 Å². The SMILES string of the molecule is COc1ccc(/C=C/C(=O)O[C@H](C)C(=O)N[C@H]2CCCC[C@H]2C)c(OC)c1. The van der Waals surface area contributed by atoms with Gasteiger partial charge in [0, 0.05) is 23.7 Å². The van der Waals surface area contributed by atoms with Crippen LogP contribution >= 0.6 is 0 Å². The summed E-state index contributed by atoms with van der Waals surface area (Å²) in [7, 11) is 3.12. The molecule has 2 rings (SSSR count). The van der Waals surface area contributed by atoms with Gasteiger partial charge in [-0.1, -0.05) is 19.8 Å². The predicted octanol–water partition coefficient (Wildman–Crippen LogP) is 3.34. The quantitative estimate of drug-likeness (QED) is 0.584. The number of esters is 1. The summed E-state index contributed by atoms with van der Waals surface area (Å²) < 4.78 is 15.7. The van der Waals surface area contributed by atoms with E-state index in [1.807, 2.05) is 0 Å². The van der Waals surface area contributed by atoms with Gasteiger partial charge in [0.05, 0.1) is 14.2 Å². The zero-order valence-corrected chi connectivity index (χ0v) is 16.5. The molecule has 3 atom stereocenters. The Bertz CT molecular complexity index is 685. The molecule has 1 aliphatic rings. The maximum Gasteiger partial charge on any atom is 0.331 e. The van der Waals surface area contributed by atoms with E-state index in [0.29, 0.717) is 23.0 Å². The smallest absolute Gasteiger partial charge is 0.331 e. The number of rotatable bonds is 7. The topological polar surface area (TPSA) is 73.9 Å². The number of benzene rings is 1. The molecule has 0 heterocycles. The Morgan fingerprint density at radius 1 is 1.19 bits per heavy atom. The van der Waals surface area contributed by atoms with Crippen molar-refractivity contribution in [3.8, 4) is 11.5 Å². The molecule has 0 saturated heterocycles. The molecule has 0 aromatic heterocycles. The molecule has 0 bridgehead atoms. The standard InChI is InChI=1S/C21H29NO5/c1-14-7-5-6-8-18(14)22-21(24)15(2)27-20(23)12-10-16-9-11-17(25-3)13-19(16)26-4/h9-15,18H,5-8H2,1-4H3,(H,22,24)/b12-10+/t14-,15-,18+/m1/s1. The van der Waals surface area contributed by atoms with Crippen LogP contribution in [0.15, 0.2) is 24.3 Å². The van der Waals surface area contributed by atoms with Crippen molar-refractivity contribution in [2.45, 2.75) is 51.7 Å². The van der Waals surface area contributed by atoms with E-state index in [2.05, 4.69) is 12.2 Å². The number of hydrogen-bond acceptors (Lipinski definition) is 5. The van der Waals surface area contributed by atoms with Gasteiger partial charge in [-0.05, 0) is 43.9 Å². The molecule has 0 unspecified atom stereocenters. The lowest BCUT2D eigenvalue weighted by atomic mass is 9.86. The van der Waals surface area contributed by atoms with Crippen LogP contribution in [0.5, 0.6) is 11.5 Å². The summed E-state index contributed by atoms with van der Waals surface area (Å²) in [5, 5.41) is 3.00. The van der Waals surface area contributed by atoms with Crippen molar-refractivity contribution in [2.24, 2.45) is 5.92 Å². The number of nitrogens with one attached hydrogen (secondary N) is 1. The highest BCUT2D eigenvalue weighted by atomic mass is 16.5. The molecule has 27 heavy (non-hydrogen) atoms. The fraction of sp³-hybridized carbons (Fsp3) is 0.524. The van der Waals surface area contributed by atoms with Gasteiger partial charge in [0.25, 0.3) is 5.91 Å². The molecule has 1 aliphatic carbocycles. The normalized spacial score (nSPS) is 20.7. The average molecular weight is 375 g/mol. The molecule has 1 N–H and O–H groups in total. The Balaban J connectivity index is 1.90. The number of amides is 1. The van der Waals surface area contributed by atoms with Crippen LogP contribution in [0, 0.1) is 5.92 Å². The summed E-state index contributed by atoms with van der Waals surface area (Å²) >= 11 is 0. The van der Waals surface area contributed by atoms with Crippen molar-refractivity contribution in [3.05, 3.63) is 29.8 Å². The van der Waals surface area contributed by atoms with E-state index < -0.39 is 12.1 Å². The molecule has 148 valence electrons. The molecule has 0 aliphatic heterocycles. The summed E-state index contributed by atoms with van der Waals surface area (Å²) in [6.07, 6.45) is 6.46. The van der Waals surface area contributed by atoms with Crippen molar-refractivity contribution in [1.29, 1.82) is 0 Å². The van der Waals surface area contributed by atoms with Gasteiger partial charge in [-0.3, -0.25) is 4.79 Å². The van der Waals surface area contributed by atoms with Gasteiger partial charge < -0.3 is 19.5 Å². The second-order valence-corrected chi connectivity index (χ2v) is 6.90. The Morgan fingerprint density at radius 3 is 2.59 bits per heavy atom. The minimum atomic E-state index is -0.839. The first-order valence-corrected chi connectivity index (χ1v) is 9.35. The van der Waals surface area contributed by atoms with E-state index in [1.165, 1.54) is 12.5 Å². The zero-order chi connectivity index (χ0) is 19.8. The first kappa shape index (κ1) is 20.8. The van der Waals surface area contributed by atoms with Gasteiger partial charge in [0.2, 0.25) is 0 Å². The number of methoxy groups -OCH3 is 2. The molecular formula is C21H29NO5. The highest BCUT2D eigenvalue weighted by Crippen LogP contribution is 2.26. The predicted molar refractivity (Wildman–Crippen MR) is 104 cm³/mol. The molecule has 1 aromatic carbocycles. The summed E-state index contributed by atoms with van der Waals surface area (Å²) in [6.45, 7) is 3.73. The Morgan fingerprint density at radius 2 is 1.93 bits per heavy atom. The maximum absolute atomic E-state index is 12.3. The van der Waals surface area contributed by atoms with E-state index in [9.17, 15) is 9.59 Å². The minimum Gasteiger partial charge on any atom is -0.497 e.